The van der Waals surface area contributed by atoms with Gasteiger partial charge in [-0.3, -0.25) is 0 Å². The topological polar surface area (TPSA) is 57.5 Å². The Balaban J connectivity index is 1.79. The molecule has 2 fully saturated rings. The maximum absolute atomic E-state index is 11.8. The average molecular weight is 494 g/mol. The van der Waals surface area contributed by atoms with Crippen molar-refractivity contribution >= 4 is 28.6 Å². The van der Waals surface area contributed by atoms with E-state index >= 15 is 0 Å². The van der Waals surface area contributed by atoms with Gasteiger partial charge in [-0.1, -0.05) is 0 Å². The molecule has 4 nitrogen and oxygen atoms in total. The van der Waals surface area contributed by atoms with Gasteiger partial charge in [0.15, 0.2) is 0 Å². The standard InChI is InChI=1S/C13H22I2NO3/c1-12(2)5-6-13(3,4)11(12)19-7-18-10(17)8(14)9-15-16-9/h8-9,11,16H,5-7H2,1-4H3/q-1. The van der Waals surface area contributed by atoms with Crippen molar-refractivity contribution in [1.29, 1.82) is 0 Å². The van der Waals surface area contributed by atoms with E-state index < -0.39 is 0 Å². The summed E-state index contributed by atoms with van der Waals surface area (Å²) in [4.78, 5) is 11.8. The Morgan fingerprint density at radius 2 is 1.89 bits per heavy atom. The van der Waals surface area contributed by atoms with Crippen LogP contribution in [0.2, 0.25) is 0 Å². The molecule has 1 heterocycles. The number of halogens is 2. The van der Waals surface area contributed by atoms with Gasteiger partial charge >= 0.3 is 140 Å². The van der Waals surface area contributed by atoms with Crippen molar-refractivity contribution in [2.24, 2.45) is 10.8 Å². The Morgan fingerprint density at radius 1 is 1.37 bits per heavy atom. The summed E-state index contributed by atoms with van der Waals surface area (Å²) in [6.07, 6.45) is 2.46. The Bertz CT molecular complexity index is 340. The molecule has 1 aliphatic carbocycles. The molecule has 2 aliphatic rings. The fraction of sp³-hybridized carbons (Fsp3) is 0.923. The van der Waals surface area contributed by atoms with Gasteiger partial charge in [0, 0.05) is 0 Å². The van der Waals surface area contributed by atoms with Crippen LogP contribution in [0, 0.1) is 10.8 Å². The molecule has 1 aliphatic heterocycles. The Labute approximate surface area is 139 Å². The number of esters is 1. The molecule has 2 atom stereocenters. The number of hydrogen-bond donors (Lipinski definition) is 1. The van der Waals surface area contributed by atoms with Crippen molar-refractivity contribution in [3.8, 4) is 0 Å². The predicted molar refractivity (Wildman–Crippen MR) is 77.4 cm³/mol. The second-order valence-corrected chi connectivity index (χ2v) is 10.6. The zero-order valence-electron chi connectivity index (χ0n) is 11.8. The van der Waals surface area contributed by atoms with E-state index in [2.05, 4.69) is 53.8 Å². The van der Waals surface area contributed by atoms with Crippen molar-refractivity contribution in [2.45, 2.75) is 54.6 Å². The van der Waals surface area contributed by atoms with Gasteiger partial charge in [0.2, 0.25) is 0 Å². The van der Waals surface area contributed by atoms with Crippen LogP contribution in [-0.4, -0.2) is 26.8 Å². The van der Waals surface area contributed by atoms with E-state index in [-0.39, 0.29) is 55.1 Å². The molecule has 0 bridgehead atoms. The molecule has 2 unspecified atom stereocenters. The average Bonchev–Trinajstić information content (AvgIpc) is 3.11. The summed E-state index contributed by atoms with van der Waals surface area (Å²) in [5.74, 6) is -0.149. The van der Waals surface area contributed by atoms with Crippen LogP contribution in [0.3, 0.4) is 0 Å². The van der Waals surface area contributed by atoms with E-state index in [0.717, 1.165) is 12.8 Å². The summed E-state index contributed by atoms with van der Waals surface area (Å²) < 4.78 is 14.7. The van der Waals surface area contributed by atoms with E-state index in [1.165, 1.54) is 0 Å². The van der Waals surface area contributed by atoms with Gasteiger partial charge < -0.3 is 0 Å². The molecule has 2 rings (SSSR count). The van der Waals surface area contributed by atoms with Gasteiger partial charge in [-0.05, 0) is 0 Å². The monoisotopic (exact) mass is 494 g/mol. The van der Waals surface area contributed by atoms with Gasteiger partial charge in [0.05, 0.1) is 0 Å². The molecular weight excluding hydrogens is 472 g/mol. The first-order valence-corrected chi connectivity index (χ1v) is 10.1. The summed E-state index contributed by atoms with van der Waals surface area (Å²) in [5, 5.41) is 0. The fourth-order valence-corrected chi connectivity index (χ4v) is 6.06. The normalized spacial score (nSPS) is 30.5. The van der Waals surface area contributed by atoms with Gasteiger partial charge in [-0.2, -0.15) is 0 Å². The van der Waals surface area contributed by atoms with E-state index in [1.54, 1.807) is 0 Å². The van der Waals surface area contributed by atoms with Gasteiger partial charge in [0.25, 0.3) is 0 Å². The van der Waals surface area contributed by atoms with Crippen molar-refractivity contribution in [3.05, 3.63) is 0 Å². The number of nitrogens with one attached hydrogen (secondary N) is 1. The molecule has 0 spiro atoms. The number of carbonyl (C=O) groups excluding carboxylic acids is 1. The van der Waals surface area contributed by atoms with Crippen molar-refractivity contribution in [2.75, 3.05) is 6.79 Å². The van der Waals surface area contributed by atoms with Gasteiger partial charge in [0.1, 0.15) is 0 Å². The molecular formula is C13H22I2NO3-. The van der Waals surface area contributed by atoms with Crippen molar-refractivity contribution < 1.29 is 35.7 Å². The van der Waals surface area contributed by atoms with Crippen LogP contribution in [-0.2, 0) is 14.3 Å². The van der Waals surface area contributed by atoms with Crippen molar-refractivity contribution in [1.82, 2.24) is 3.53 Å². The molecule has 1 saturated heterocycles. The van der Waals surface area contributed by atoms with Crippen LogP contribution in [0.4, 0.5) is 0 Å². The summed E-state index contributed by atoms with van der Waals surface area (Å²) in [5.41, 5.74) is 0.312. The Kier molecular flexibility index (Phi) is 5.06. The van der Waals surface area contributed by atoms with Crippen molar-refractivity contribution in [3.63, 3.8) is 0 Å². The molecule has 0 aromatic carbocycles. The van der Waals surface area contributed by atoms with E-state index in [9.17, 15) is 4.79 Å². The minimum absolute atomic E-state index is 0.0445. The summed E-state index contributed by atoms with van der Waals surface area (Å²) in [7, 11) is 0. The minimum atomic E-state index is -0.149. The van der Waals surface area contributed by atoms with Gasteiger partial charge in [-0.25, -0.2) is 0 Å². The molecule has 19 heavy (non-hydrogen) atoms. The molecule has 0 aromatic rings. The van der Waals surface area contributed by atoms with E-state index in [4.69, 9.17) is 9.47 Å². The molecule has 6 heteroatoms. The first kappa shape index (κ1) is 16.2. The number of ether oxygens (including phenoxy) is 2. The zero-order chi connectivity index (χ0) is 14.3. The van der Waals surface area contributed by atoms with E-state index in [1.807, 2.05) is 0 Å². The molecule has 0 radical (unpaired) electrons. The predicted octanol–water partition coefficient (Wildman–Crippen LogP) is -0.545. The SMILES string of the molecule is CC1(C)CCC(C)(C)C1OCOC(=O)C(I)C1N[I-]1. The second kappa shape index (κ2) is 5.92. The first-order valence-electron chi connectivity index (χ1n) is 6.54. The summed E-state index contributed by atoms with van der Waals surface area (Å²) >= 11 is 2.20. The molecule has 112 valence electrons. The number of rotatable bonds is 5. The third kappa shape index (κ3) is 3.94. The summed E-state index contributed by atoms with van der Waals surface area (Å²) in [6.45, 7) is 9.00. The van der Waals surface area contributed by atoms with Crippen LogP contribution in [0.5, 0.6) is 0 Å². The number of hydrogen-bond acceptors (Lipinski definition) is 4. The van der Waals surface area contributed by atoms with Gasteiger partial charge in [-0.15, -0.1) is 0 Å². The van der Waals surface area contributed by atoms with Crippen LogP contribution in [0.15, 0.2) is 0 Å². The third-order valence-electron chi connectivity index (χ3n) is 3.99. The second-order valence-electron chi connectivity index (χ2n) is 6.63. The summed E-state index contributed by atoms with van der Waals surface area (Å²) in [6, 6.07) is 0. The van der Waals surface area contributed by atoms with Crippen LogP contribution in [0.25, 0.3) is 0 Å². The zero-order valence-corrected chi connectivity index (χ0v) is 16.1. The Morgan fingerprint density at radius 3 is 2.37 bits per heavy atom. The Hall–Kier alpha value is 0.850. The number of alkyl halides is 2. The van der Waals surface area contributed by atoms with Crippen LogP contribution < -0.4 is 25.0 Å². The maximum atomic E-state index is 11.8. The fourth-order valence-electron chi connectivity index (χ4n) is 2.92. The van der Waals surface area contributed by atoms with E-state index in [0.29, 0.717) is 4.05 Å². The molecule has 1 N–H and O–H groups in total. The molecule has 1 saturated carbocycles. The molecule has 0 aromatic heterocycles. The van der Waals surface area contributed by atoms with Crippen LogP contribution in [0.1, 0.15) is 40.5 Å². The first-order chi connectivity index (χ1) is 8.74. The quantitative estimate of drug-likeness (QED) is 0.106. The van der Waals surface area contributed by atoms with Crippen LogP contribution >= 0.6 is 22.6 Å². The molecule has 0 amide bonds. The third-order valence-corrected chi connectivity index (χ3v) is 8.65. The number of carbonyl (C=O) groups is 1.